The second kappa shape index (κ2) is 6.83. The quantitative estimate of drug-likeness (QED) is 0.275. The third-order valence-corrected chi connectivity index (χ3v) is 4.98. The Hall–Kier alpha value is -4.07. The van der Waals surface area contributed by atoms with Gasteiger partial charge in [-0.05, 0) is 43.3 Å². The molecule has 0 unspecified atom stereocenters. The number of aromatic nitrogens is 1. The Bertz CT molecular complexity index is 1310. The van der Waals surface area contributed by atoms with E-state index in [0.717, 1.165) is 16.4 Å². The maximum atomic E-state index is 12.9. The lowest BCUT2D eigenvalue weighted by molar-refractivity contribution is -0.385. The van der Waals surface area contributed by atoms with Crippen molar-refractivity contribution in [2.75, 3.05) is 0 Å². The Morgan fingerprint density at radius 1 is 0.793 bits per heavy atom. The van der Waals surface area contributed by atoms with E-state index in [1.54, 1.807) is 18.2 Å². The fraction of sp³-hybridized carbons (Fsp3) is 0.0952. The predicted molar refractivity (Wildman–Crippen MR) is 108 cm³/mol. The number of carbonyl (C=O) groups excluding carboxylic acids is 1. The van der Waals surface area contributed by atoms with Gasteiger partial charge in [-0.2, -0.15) is 0 Å². The van der Waals surface area contributed by atoms with Crippen molar-refractivity contribution in [2.24, 2.45) is 0 Å². The second-order valence-electron chi connectivity index (χ2n) is 6.57. The summed E-state index contributed by atoms with van der Waals surface area (Å²) in [6, 6.07) is 15.4. The number of rotatable bonds is 5. The largest absolute Gasteiger partial charge is 0.341 e. The summed E-state index contributed by atoms with van der Waals surface area (Å²) in [7, 11) is 0. The summed E-state index contributed by atoms with van der Waals surface area (Å²) in [6.45, 7) is 2.66. The molecule has 0 aliphatic heterocycles. The third kappa shape index (κ3) is 3.00. The van der Waals surface area contributed by atoms with Crippen molar-refractivity contribution in [3.05, 3.63) is 92.0 Å². The minimum absolute atomic E-state index is 0.0141. The number of nitro benzene ring substituents is 2. The van der Waals surface area contributed by atoms with E-state index >= 15 is 0 Å². The molecular weight excluding hydrogens is 374 g/mol. The van der Waals surface area contributed by atoms with Gasteiger partial charge in [0.1, 0.15) is 0 Å². The summed E-state index contributed by atoms with van der Waals surface area (Å²) in [4.78, 5) is 33.9. The highest BCUT2D eigenvalue weighted by Gasteiger charge is 2.17. The highest BCUT2D eigenvalue weighted by Crippen LogP contribution is 2.33. The maximum Gasteiger partial charge on any atom is 0.270 e. The lowest BCUT2D eigenvalue weighted by atomic mass is 10.0. The minimum Gasteiger partial charge on any atom is -0.341 e. The van der Waals surface area contributed by atoms with Crippen LogP contribution in [0.1, 0.15) is 22.8 Å². The van der Waals surface area contributed by atoms with Crippen molar-refractivity contribution in [3.8, 4) is 0 Å². The van der Waals surface area contributed by atoms with Crippen LogP contribution in [-0.4, -0.2) is 20.2 Å². The van der Waals surface area contributed by atoms with Gasteiger partial charge in [0.2, 0.25) is 0 Å². The topological polar surface area (TPSA) is 108 Å². The average Bonchev–Trinajstić information content (AvgIpc) is 3.05. The zero-order valence-corrected chi connectivity index (χ0v) is 15.4. The van der Waals surface area contributed by atoms with E-state index < -0.39 is 9.85 Å². The van der Waals surface area contributed by atoms with Gasteiger partial charge in [-0.1, -0.05) is 0 Å². The number of nitrogens with zero attached hydrogens (tertiary/aromatic N) is 3. The molecule has 29 heavy (non-hydrogen) atoms. The summed E-state index contributed by atoms with van der Waals surface area (Å²) in [6.07, 6.45) is 0. The minimum atomic E-state index is -0.521. The second-order valence-corrected chi connectivity index (χ2v) is 6.57. The highest BCUT2D eigenvalue weighted by atomic mass is 16.6. The number of nitro groups is 2. The van der Waals surface area contributed by atoms with Gasteiger partial charge in [-0.3, -0.25) is 25.0 Å². The zero-order valence-electron chi connectivity index (χ0n) is 15.4. The van der Waals surface area contributed by atoms with Crippen LogP contribution in [0.25, 0.3) is 21.8 Å². The number of hydrogen-bond donors (Lipinski definition) is 0. The van der Waals surface area contributed by atoms with Crippen LogP contribution in [0.4, 0.5) is 11.4 Å². The smallest absolute Gasteiger partial charge is 0.270 e. The van der Waals surface area contributed by atoms with Crippen LogP contribution in [0.3, 0.4) is 0 Å². The predicted octanol–water partition coefficient (Wildman–Crippen LogP) is 4.86. The fourth-order valence-electron chi connectivity index (χ4n) is 3.59. The van der Waals surface area contributed by atoms with Crippen molar-refractivity contribution >= 4 is 39.0 Å². The first kappa shape index (κ1) is 18.3. The van der Waals surface area contributed by atoms with E-state index in [9.17, 15) is 25.0 Å². The van der Waals surface area contributed by atoms with E-state index in [1.807, 2.05) is 17.6 Å². The van der Waals surface area contributed by atoms with Crippen molar-refractivity contribution in [3.63, 3.8) is 0 Å². The van der Waals surface area contributed by atoms with Crippen LogP contribution < -0.4 is 0 Å². The molecule has 4 aromatic rings. The molecule has 8 heteroatoms. The Balaban J connectivity index is 1.87. The van der Waals surface area contributed by atoms with Crippen LogP contribution in [0.15, 0.2) is 60.7 Å². The fourth-order valence-corrected chi connectivity index (χ4v) is 3.59. The van der Waals surface area contributed by atoms with Gasteiger partial charge >= 0.3 is 0 Å². The molecular formula is C21H15N3O5. The SMILES string of the molecule is CCn1c2ccc(C(=O)c3ccc([N+](=O)[O-])cc3)cc2c2cc([N+](=O)[O-])ccc21. The molecule has 1 heterocycles. The molecule has 4 rings (SSSR count). The van der Waals surface area contributed by atoms with E-state index in [1.165, 1.54) is 36.4 Å². The number of hydrogen-bond acceptors (Lipinski definition) is 5. The van der Waals surface area contributed by atoms with E-state index in [-0.39, 0.29) is 17.2 Å². The maximum absolute atomic E-state index is 12.9. The summed E-state index contributed by atoms with van der Waals surface area (Å²) in [5.74, 6) is -0.273. The van der Waals surface area contributed by atoms with Gasteiger partial charge < -0.3 is 4.57 Å². The molecule has 0 fully saturated rings. The van der Waals surface area contributed by atoms with Crippen molar-refractivity contribution in [2.45, 2.75) is 13.5 Å². The lowest BCUT2D eigenvalue weighted by Crippen LogP contribution is -2.01. The Kier molecular flexibility index (Phi) is 4.31. The number of carbonyl (C=O) groups is 1. The molecule has 0 spiro atoms. The average molecular weight is 389 g/mol. The highest BCUT2D eigenvalue weighted by molar-refractivity contribution is 6.15. The number of ketones is 1. The summed E-state index contributed by atoms with van der Waals surface area (Å²) in [5.41, 5.74) is 2.37. The van der Waals surface area contributed by atoms with Crippen molar-refractivity contribution in [1.82, 2.24) is 4.57 Å². The van der Waals surface area contributed by atoms with Gasteiger partial charge in [-0.25, -0.2) is 0 Å². The lowest BCUT2D eigenvalue weighted by Gasteiger charge is -2.04. The van der Waals surface area contributed by atoms with Crippen molar-refractivity contribution in [1.29, 1.82) is 0 Å². The monoisotopic (exact) mass is 389 g/mol. The molecule has 144 valence electrons. The van der Waals surface area contributed by atoms with Crippen molar-refractivity contribution < 1.29 is 14.6 Å². The van der Waals surface area contributed by atoms with E-state index in [0.29, 0.717) is 23.1 Å². The molecule has 0 saturated heterocycles. The Morgan fingerprint density at radius 3 is 1.90 bits per heavy atom. The molecule has 1 aromatic heterocycles. The molecule has 0 radical (unpaired) electrons. The van der Waals surface area contributed by atoms with Gasteiger partial charge in [0.25, 0.3) is 11.4 Å². The molecule has 0 aliphatic rings. The van der Waals surface area contributed by atoms with Crippen LogP contribution in [0, 0.1) is 20.2 Å². The first-order valence-corrected chi connectivity index (χ1v) is 8.90. The number of non-ortho nitro benzene ring substituents is 2. The summed E-state index contributed by atoms with van der Waals surface area (Å²) in [5, 5.41) is 23.4. The van der Waals surface area contributed by atoms with Gasteiger partial charge in [0.15, 0.2) is 5.78 Å². The van der Waals surface area contributed by atoms with Crippen LogP contribution >= 0.6 is 0 Å². The van der Waals surface area contributed by atoms with E-state index in [4.69, 9.17) is 0 Å². The first-order chi connectivity index (χ1) is 13.9. The van der Waals surface area contributed by atoms with E-state index in [2.05, 4.69) is 0 Å². The molecule has 8 nitrogen and oxygen atoms in total. The summed E-state index contributed by atoms with van der Waals surface area (Å²) < 4.78 is 2.04. The molecule has 3 aromatic carbocycles. The first-order valence-electron chi connectivity index (χ1n) is 8.90. The Morgan fingerprint density at radius 2 is 1.31 bits per heavy atom. The molecule has 0 amide bonds. The summed E-state index contributed by atoms with van der Waals surface area (Å²) >= 11 is 0. The zero-order chi connectivity index (χ0) is 20.7. The van der Waals surface area contributed by atoms with Crippen LogP contribution in [0.5, 0.6) is 0 Å². The van der Waals surface area contributed by atoms with Gasteiger partial charge in [-0.15, -0.1) is 0 Å². The standard InChI is InChI=1S/C21H15N3O5/c1-2-22-19-9-5-14(21(25)13-3-6-15(7-4-13)23(26)27)11-17(19)18-12-16(24(28)29)8-10-20(18)22/h3-12H,2H2,1H3. The molecule has 0 bridgehead atoms. The van der Waals surface area contributed by atoms with Gasteiger partial charge in [0, 0.05) is 63.7 Å². The normalized spacial score (nSPS) is 11.1. The Labute approximate surface area is 164 Å². The van der Waals surface area contributed by atoms with Crippen LogP contribution in [-0.2, 0) is 6.54 Å². The third-order valence-electron chi connectivity index (χ3n) is 4.98. The molecule has 0 saturated carbocycles. The molecule has 0 N–H and O–H groups in total. The number of fused-ring (bicyclic) bond motifs is 3. The number of benzene rings is 3. The molecule has 0 aliphatic carbocycles. The van der Waals surface area contributed by atoms with Gasteiger partial charge in [0.05, 0.1) is 9.85 Å². The molecule has 0 atom stereocenters. The van der Waals surface area contributed by atoms with Crippen LogP contribution in [0.2, 0.25) is 0 Å². The number of aryl methyl sites for hydroxylation is 1.